The van der Waals surface area contributed by atoms with Gasteiger partial charge in [0.25, 0.3) is 0 Å². The largest absolute Gasteiger partial charge is 0.371 e. The molecule has 0 atom stereocenters. The number of halogens is 1. The van der Waals surface area contributed by atoms with Crippen LogP contribution in [-0.4, -0.2) is 26.7 Å². The molecule has 0 heterocycles. The van der Waals surface area contributed by atoms with Gasteiger partial charge in [-0.2, -0.15) is 0 Å². The van der Waals surface area contributed by atoms with E-state index in [0.29, 0.717) is 12.2 Å². The van der Waals surface area contributed by atoms with Gasteiger partial charge in [-0.1, -0.05) is 18.1 Å². The van der Waals surface area contributed by atoms with Crippen molar-refractivity contribution in [2.75, 3.05) is 31.6 Å². The lowest BCUT2D eigenvalue weighted by Crippen LogP contribution is -2.29. The Morgan fingerprint density at radius 1 is 1.47 bits per heavy atom. The molecule has 80 valence electrons. The van der Waals surface area contributed by atoms with Gasteiger partial charge in [-0.15, -0.1) is 6.42 Å². The lowest BCUT2D eigenvalue weighted by molar-refractivity contribution is 0.619. The highest BCUT2D eigenvalue weighted by atomic mass is 19.1. The van der Waals surface area contributed by atoms with Crippen molar-refractivity contribution >= 4 is 5.69 Å². The summed E-state index contributed by atoms with van der Waals surface area (Å²) in [5, 5.41) is 3.05. The molecule has 0 saturated carbocycles. The average Bonchev–Trinajstić information content (AvgIpc) is 2.25. The fourth-order valence-corrected chi connectivity index (χ4v) is 1.29. The van der Waals surface area contributed by atoms with E-state index in [4.69, 9.17) is 6.42 Å². The average molecular weight is 206 g/mol. The van der Waals surface area contributed by atoms with Crippen molar-refractivity contribution in [3.05, 3.63) is 30.1 Å². The highest BCUT2D eigenvalue weighted by molar-refractivity contribution is 5.46. The van der Waals surface area contributed by atoms with Crippen LogP contribution < -0.4 is 10.2 Å². The van der Waals surface area contributed by atoms with Crippen molar-refractivity contribution < 1.29 is 4.39 Å². The number of anilines is 1. The molecule has 0 aromatic heterocycles. The first-order valence-corrected chi connectivity index (χ1v) is 4.85. The fraction of sp³-hybridized carbons (Fsp3) is 0.333. The zero-order valence-corrected chi connectivity index (χ0v) is 8.83. The van der Waals surface area contributed by atoms with E-state index in [-0.39, 0.29) is 5.82 Å². The summed E-state index contributed by atoms with van der Waals surface area (Å²) in [6.45, 7) is 2.02. The Balaban J connectivity index is 2.44. The number of para-hydroxylation sites is 1. The van der Waals surface area contributed by atoms with Crippen molar-refractivity contribution in [3.63, 3.8) is 0 Å². The van der Waals surface area contributed by atoms with Crippen LogP contribution in [0.15, 0.2) is 24.3 Å². The van der Waals surface area contributed by atoms with E-state index < -0.39 is 0 Å². The van der Waals surface area contributed by atoms with Crippen molar-refractivity contribution in [1.29, 1.82) is 0 Å². The summed E-state index contributed by atoms with van der Waals surface area (Å²) in [6.07, 6.45) is 5.09. The molecule has 1 rings (SSSR count). The molecule has 0 saturated heterocycles. The van der Waals surface area contributed by atoms with Crippen LogP contribution in [0.4, 0.5) is 10.1 Å². The van der Waals surface area contributed by atoms with Crippen LogP contribution in [0.3, 0.4) is 0 Å². The number of likely N-dealkylation sites (N-methyl/N-ethyl adjacent to an activating group) is 1. The van der Waals surface area contributed by atoms with E-state index in [1.54, 1.807) is 12.1 Å². The SMILES string of the molecule is C#CCNCCN(C)c1ccccc1F. The molecule has 15 heavy (non-hydrogen) atoms. The molecule has 2 nitrogen and oxygen atoms in total. The Kier molecular flexibility index (Phi) is 4.65. The highest BCUT2D eigenvalue weighted by Gasteiger charge is 2.04. The zero-order chi connectivity index (χ0) is 11.1. The van der Waals surface area contributed by atoms with Gasteiger partial charge in [0, 0.05) is 20.1 Å². The van der Waals surface area contributed by atoms with Gasteiger partial charge in [-0.3, -0.25) is 0 Å². The van der Waals surface area contributed by atoms with Gasteiger partial charge in [0.2, 0.25) is 0 Å². The van der Waals surface area contributed by atoms with Gasteiger partial charge in [-0.25, -0.2) is 4.39 Å². The number of nitrogens with one attached hydrogen (secondary N) is 1. The lowest BCUT2D eigenvalue weighted by Gasteiger charge is -2.19. The molecule has 1 aromatic carbocycles. The minimum absolute atomic E-state index is 0.197. The second-order valence-electron chi connectivity index (χ2n) is 3.25. The van der Waals surface area contributed by atoms with Crippen molar-refractivity contribution in [2.45, 2.75) is 0 Å². The predicted octanol–water partition coefficient (Wildman–Crippen LogP) is 1.48. The second-order valence-corrected chi connectivity index (χ2v) is 3.25. The molecule has 0 unspecified atom stereocenters. The summed E-state index contributed by atoms with van der Waals surface area (Å²) in [4.78, 5) is 1.86. The summed E-state index contributed by atoms with van der Waals surface area (Å²) in [6, 6.07) is 6.73. The van der Waals surface area contributed by atoms with Gasteiger partial charge < -0.3 is 10.2 Å². The summed E-state index contributed by atoms with van der Waals surface area (Å²) < 4.78 is 13.3. The first-order valence-electron chi connectivity index (χ1n) is 4.85. The van der Waals surface area contributed by atoms with E-state index in [1.807, 2.05) is 18.0 Å². The molecule has 3 heteroatoms. The fourth-order valence-electron chi connectivity index (χ4n) is 1.29. The third-order valence-electron chi connectivity index (χ3n) is 2.11. The van der Waals surface area contributed by atoms with Crippen LogP contribution in [0, 0.1) is 18.2 Å². The van der Waals surface area contributed by atoms with Gasteiger partial charge in [-0.05, 0) is 12.1 Å². The third kappa shape index (κ3) is 3.61. The number of hydrogen-bond acceptors (Lipinski definition) is 2. The highest BCUT2D eigenvalue weighted by Crippen LogP contribution is 2.15. The molecule has 0 aliphatic rings. The number of rotatable bonds is 5. The van der Waals surface area contributed by atoms with Crippen LogP contribution in [0.2, 0.25) is 0 Å². The van der Waals surface area contributed by atoms with Crippen LogP contribution in [-0.2, 0) is 0 Å². The van der Waals surface area contributed by atoms with Crippen molar-refractivity contribution in [3.8, 4) is 12.3 Å². The maximum absolute atomic E-state index is 13.3. The van der Waals surface area contributed by atoms with E-state index >= 15 is 0 Å². The molecule has 1 aromatic rings. The Bertz CT molecular complexity index is 344. The zero-order valence-electron chi connectivity index (χ0n) is 8.83. The van der Waals surface area contributed by atoms with E-state index in [2.05, 4.69) is 11.2 Å². The molecule has 0 spiro atoms. The normalized spacial score (nSPS) is 9.67. The third-order valence-corrected chi connectivity index (χ3v) is 2.11. The van der Waals surface area contributed by atoms with Crippen LogP contribution >= 0.6 is 0 Å². The lowest BCUT2D eigenvalue weighted by atomic mass is 10.3. The number of terminal acetylenes is 1. The number of benzene rings is 1. The van der Waals surface area contributed by atoms with Gasteiger partial charge >= 0.3 is 0 Å². The van der Waals surface area contributed by atoms with Gasteiger partial charge in [0.1, 0.15) is 5.82 Å². The minimum Gasteiger partial charge on any atom is -0.371 e. The Labute approximate surface area is 90.1 Å². The molecule has 1 N–H and O–H groups in total. The molecule has 0 bridgehead atoms. The smallest absolute Gasteiger partial charge is 0.146 e. The first-order chi connectivity index (χ1) is 7.25. The van der Waals surface area contributed by atoms with Crippen molar-refractivity contribution in [2.24, 2.45) is 0 Å². The summed E-state index contributed by atoms with van der Waals surface area (Å²) in [5.74, 6) is 2.29. The van der Waals surface area contributed by atoms with E-state index in [1.165, 1.54) is 6.07 Å². The molecule has 0 fully saturated rings. The van der Waals surface area contributed by atoms with Crippen LogP contribution in [0.5, 0.6) is 0 Å². The number of nitrogens with zero attached hydrogens (tertiary/aromatic N) is 1. The summed E-state index contributed by atoms with van der Waals surface area (Å²) in [7, 11) is 1.86. The predicted molar refractivity (Wildman–Crippen MR) is 61.4 cm³/mol. The van der Waals surface area contributed by atoms with E-state index in [9.17, 15) is 4.39 Å². The molecule has 0 aliphatic heterocycles. The maximum atomic E-state index is 13.3. The van der Waals surface area contributed by atoms with Gasteiger partial charge in [0.15, 0.2) is 0 Å². The topological polar surface area (TPSA) is 15.3 Å². The molecule has 0 amide bonds. The second kappa shape index (κ2) is 6.05. The Morgan fingerprint density at radius 2 is 2.20 bits per heavy atom. The quantitative estimate of drug-likeness (QED) is 0.580. The van der Waals surface area contributed by atoms with Gasteiger partial charge in [0.05, 0.1) is 12.2 Å². The minimum atomic E-state index is -0.197. The first kappa shape index (κ1) is 11.5. The maximum Gasteiger partial charge on any atom is 0.146 e. The monoisotopic (exact) mass is 206 g/mol. The summed E-state index contributed by atoms with van der Waals surface area (Å²) in [5.41, 5.74) is 0.611. The standard InChI is InChI=1S/C12H15FN2/c1-3-8-14-9-10-15(2)12-7-5-4-6-11(12)13/h1,4-7,14H,8-10H2,2H3. The molecular weight excluding hydrogens is 191 g/mol. The molecule has 0 aliphatic carbocycles. The number of hydrogen-bond donors (Lipinski definition) is 1. The van der Waals surface area contributed by atoms with Crippen LogP contribution in [0.1, 0.15) is 0 Å². The molecular formula is C12H15FN2. The Morgan fingerprint density at radius 3 is 2.87 bits per heavy atom. The Hall–Kier alpha value is -1.53. The van der Waals surface area contributed by atoms with Crippen LogP contribution in [0.25, 0.3) is 0 Å². The van der Waals surface area contributed by atoms with Crippen molar-refractivity contribution in [1.82, 2.24) is 5.32 Å². The summed E-state index contributed by atoms with van der Waals surface area (Å²) >= 11 is 0. The molecule has 0 radical (unpaired) electrons. The van der Waals surface area contributed by atoms with E-state index in [0.717, 1.165) is 13.1 Å².